The third kappa shape index (κ3) is 3.91. The van der Waals surface area contributed by atoms with Crippen LogP contribution in [0.3, 0.4) is 0 Å². The minimum atomic E-state index is -0.176. The zero-order chi connectivity index (χ0) is 14.5. The van der Waals surface area contributed by atoms with Crippen LogP contribution in [0.15, 0.2) is 42.5 Å². The number of hydrogen-bond acceptors (Lipinski definition) is 1. The SMILES string of the molecule is Cc1ccc(CC(CN)Cc2cccc(F)c2)cc1C. The maximum Gasteiger partial charge on any atom is 0.123 e. The highest BCUT2D eigenvalue weighted by Crippen LogP contribution is 2.17. The second-order valence-electron chi connectivity index (χ2n) is 5.56. The summed E-state index contributed by atoms with van der Waals surface area (Å²) in [5.41, 5.74) is 10.8. The number of rotatable bonds is 5. The lowest BCUT2D eigenvalue weighted by Crippen LogP contribution is -2.19. The van der Waals surface area contributed by atoms with Crippen LogP contribution in [0.2, 0.25) is 0 Å². The Morgan fingerprint density at radius 1 is 0.950 bits per heavy atom. The van der Waals surface area contributed by atoms with E-state index in [9.17, 15) is 4.39 Å². The summed E-state index contributed by atoms with van der Waals surface area (Å²) in [5.74, 6) is 0.170. The van der Waals surface area contributed by atoms with Gasteiger partial charge in [0.15, 0.2) is 0 Å². The van der Waals surface area contributed by atoms with E-state index in [4.69, 9.17) is 5.73 Å². The van der Waals surface area contributed by atoms with Crippen molar-refractivity contribution < 1.29 is 4.39 Å². The van der Waals surface area contributed by atoms with Crippen molar-refractivity contribution in [1.82, 2.24) is 0 Å². The van der Waals surface area contributed by atoms with Crippen molar-refractivity contribution in [3.05, 3.63) is 70.5 Å². The molecule has 20 heavy (non-hydrogen) atoms. The summed E-state index contributed by atoms with van der Waals surface area (Å²) in [5, 5.41) is 0. The number of hydrogen-bond donors (Lipinski definition) is 1. The maximum absolute atomic E-state index is 13.2. The molecule has 0 aromatic heterocycles. The van der Waals surface area contributed by atoms with Gasteiger partial charge in [0.05, 0.1) is 0 Å². The lowest BCUT2D eigenvalue weighted by molar-refractivity contribution is 0.530. The Balaban J connectivity index is 2.07. The van der Waals surface area contributed by atoms with Crippen molar-refractivity contribution in [3.8, 4) is 0 Å². The van der Waals surface area contributed by atoms with Crippen molar-refractivity contribution in [2.45, 2.75) is 26.7 Å². The molecule has 0 radical (unpaired) electrons. The van der Waals surface area contributed by atoms with E-state index in [0.717, 1.165) is 18.4 Å². The smallest absolute Gasteiger partial charge is 0.123 e. The van der Waals surface area contributed by atoms with Crippen LogP contribution in [-0.2, 0) is 12.8 Å². The van der Waals surface area contributed by atoms with Gasteiger partial charge in [0.1, 0.15) is 5.82 Å². The highest BCUT2D eigenvalue weighted by molar-refractivity contribution is 5.30. The largest absolute Gasteiger partial charge is 0.330 e. The molecule has 0 saturated carbocycles. The van der Waals surface area contributed by atoms with Crippen molar-refractivity contribution in [2.75, 3.05) is 6.54 Å². The van der Waals surface area contributed by atoms with E-state index in [2.05, 4.69) is 32.0 Å². The molecule has 0 bridgehead atoms. The third-order valence-electron chi connectivity index (χ3n) is 3.84. The highest BCUT2D eigenvalue weighted by atomic mass is 19.1. The van der Waals surface area contributed by atoms with Crippen LogP contribution in [0, 0.1) is 25.6 Å². The summed E-state index contributed by atoms with van der Waals surface area (Å²) in [6.07, 6.45) is 1.76. The molecule has 2 rings (SSSR count). The molecule has 2 N–H and O–H groups in total. The predicted molar refractivity (Wildman–Crippen MR) is 82.3 cm³/mol. The fourth-order valence-electron chi connectivity index (χ4n) is 2.50. The van der Waals surface area contributed by atoms with Gasteiger partial charge >= 0.3 is 0 Å². The van der Waals surface area contributed by atoms with Crippen LogP contribution in [0.4, 0.5) is 4.39 Å². The van der Waals surface area contributed by atoms with Gasteiger partial charge in [-0.15, -0.1) is 0 Å². The van der Waals surface area contributed by atoms with Crippen LogP contribution in [-0.4, -0.2) is 6.54 Å². The topological polar surface area (TPSA) is 26.0 Å². The Morgan fingerprint density at radius 3 is 2.25 bits per heavy atom. The molecule has 0 fully saturated rings. The minimum absolute atomic E-state index is 0.176. The Bertz CT molecular complexity index is 577. The van der Waals surface area contributed by atoms with Crippen molar-refractivity contribution >= 4 is 0 Å². The Labute approximate surface area is 120 Å². The van der Waals surface area contributed by atoms with Gasteiger partial charge in [-0.3, -0.25) is 0 Å². The quantitative estimate of drug-likeness (QED) is 0.879. The molecule has 0 spiro atoms. The number of halogens is 1. The molecule has 2 aromatic carbocycles. The molecule has 0 heterocycles. The predicted octanol–water partition coefficient (Wildman–Crippen LogP) is 3.80. The number of nitrogens with two attached hydrogens (primary N) is 1. The zero-order valence-electron chi connectivity index (χ0n) is 12.2. The normalized spacial score (nSPS) is 12.4. The van der Waals surface area contributed by atoms with Crippen LogP contribution in [0.5, 0.6) is 0 Å². The van der Waals surface area contributed by atoms with Gasteiger partial charge in [0.2, 0.25) is 0 Å². The zero-order valence-corrected chi connectivity index (χ0v) is 12.2. The van der Waals surface area contributed by atoms with E-state index in [1.807, 2.05) is 6.07 Å². The summed E-state index contributed by atoms with van der Waals surface area (Å²) in [7, 11) is 0. The molecule has 1 atom stereocenters. The molecule has 2 heteroatoms. The second-order valence-corrected chi connectivity index (χ2v) is 5.56. The molecule has 0 saturated heterocycles. The monoisotopic (exact) mass is 271 g/mol. The first-order valence-electron chi connectivity index (χ1n) is 7.09. The summed E-state index contributed by atoms with van der Waals surface area (Å²) in [6, 6.07) is 13.3. The second kappa shape index (κ2) is 6.67. The van der Waals surface area contributed by atoms with Gasteiger partial charge in [-0.1, -0.05) is 30.3 Å². The molecule has 0 aliphatic heterocycles. The van der Waals surface area contributed by atoms with Gasteiger partial charge < -0.3 is 5.73 Å². The van der Waals surface area contributed by atoms with E-state index in [-0.39, 0.29) is 5.82 Å². The van der Waals surface area contributed by atoms with Crippen molar-refractivity contribution in [2.24, 2.45) is 11.7 Å². The van der Waals surface area contributed by atoms with E-state index < -0.39 is 0 Å². The maximum atomic E-state index is 13.2. The molecule has 1 unspecified atom stereocenters. The molecule has 0 aliphatic rings. The van der Waals surface area contributed by atoms with Gasteiger partial charge in [-0.2, -0.15) is 0 Å². The van der Waals surface area contributed by atoms with Crippen LogP contribution in [0.1, 0.15) is 22.3 Å². The van der Waals surface area contributed by atoms with Gasteiger partial charge in [0.25, 0.3) is 0 Å². The van der Waals surface area contributed by atoms with E-state index in [1.54, 1.807) is 12.1 Å². The Morgan fingerprint density at radius 2 is 1.65 bits per heavy atom. The average molecular weight is 271 g/mol. The Kier molecular flexibility index (Phi) is 4.91. The van der Waals surface area contributed by atoms with Crippen LogP contribution >= 0.6 is 0 Å². The first-order valence-corrected chi connectivity index (χ1v) is 7.09. The summed E-state index contributed by atoms with van der Waals surface area (Å²) < 4.78 is 13.2. The summed E-state index contributed by atoms with van der Waals surface area (Å²) >= 11 is 0. The van der Waals surface area contributed by atoms with Gasteiger partial charge in [-0.25, -0.2) is 4.39 Å². The molecule has 0 amide bonds. The molecule has 1 nitrogen and oxygen atoms in total. The summed E-state index contributed by atoms with van der Waals surface area (Å²) in [4.78, 5) is 0. The minimum Gasteiger partial charge on any atom is -0.330 e. The highest BCUT2D eigenvalue weighted by Gasteiger charge is 2.10. The van der Waals surface area contributed by atoms with Crippen molar-refractivity contribution in [3.63, 3.8) is 0 Å². The molecule has 106 valence electrons. The third-order valence-corrected chi connectivity index (χ3v) is 3.84. The fraction of sp³-hybridized carbons (Fsp3) is 0.333. The lowest BCUT2D eigenvalue weighted by atomic mass is 9.91. The molecule has 2 aromatic rings. The van der Waals surface area contributed by atoms with Crippen LogP contribution < -0.4 is 5.73 Å². The van der Waals surface area contributed by atoms with E-state index in [1.165, 1.54) is 22.8 Å². The Hall–Kier alpha value is -1.67. The molecule has 0 aliphatic carbocycles. The van der Waals surface area contributed by atoms with Gasteiger partial charge in [-0.05, 0) is 73.5 Å². The summed E-state index contributed by atoms with van der Waals surface area (Å²) in [6.45, 7) is 4.86. The average Bonchev–Trinajstić information content (AvgIpc) is 2.42. The first-order chi connectivity index (χ1) is 9.58. The standard InChI is InChI=1S/C18H22FN/c1-13-6-7-16(8-14(13)2)10-17(12-20)9-15-4-3-5-18(19)11-15/h3-8,11,17H,9-10,12,20H2,1-2H3. The van der Waals surface area contributed by atoms with Crippen molar-refractivity contribution in [1.29, 1.82) is 0 Å². The fourth-order valence-corrected chi connectivity index (χ4v) is 2.50. The molecular weight excluding hydrogens is 249 g/mol. The number of benzene rings is 2. The number of aryl methyl sites for hydroxylation is 2. The molecular formula is C18H22FN. The van der Waals surface area contributed by atoms with Gasteiger partial charge in [0, 0.05) is 0 Å². The lowest BCUT2D eigenvalue weighted by Gasteiger charge is -2.16. The van der Waals surface area contributed by atoms with Crippen LogP contribution in [0.25, 0.3) is 0 Å². The van der Waals surface area contributed by atoms with E-state index in [0.29, 0.717) is 12.5 Å². The van der Waals surface area contributed by atoms with E-state index >= 15 is 0 Å². The first kappa shape index (κ1) is 14.7.